The van der Waals surface area contributed by atoms with Gasteiger partial charge in [0.25, 0.3) is 0 Å². The second-order valence-electron chi connectivity index (χ2n) is 4.76. The lowest BCUT2D eigenvalue weighted by Gasteiger charge is -2.07. The van der Waals surface area contributed by atoms with Crippen LogP contribution in [0.1, 0.15) is 16.6 Å². The lowest BCUT2D eigenvalue weighted by atomic mass is 10.0. The predicted octanol–water partition coefficient (Wildman–Crippen LogP) is 4.86. The third-order valence-corrected chi connectivity index (χ3v) is 4.23. The fraction of sp³-hybridized carbons (Fsp3) is 0.118. The molecule has 0 spiro atoms. The fourth-order valence-electron chi connectivity index (χ4n) is 2.26. The smallest absolute Gasteiger partial charge is 0.147 e. The molecule has 1 atom stereocenters. The third kappa shape index (κ3) is 3.23. The van der Waals surface area contributed by atoms with Crippen molar-refractivity contribution in [2.75, 3.05) is 0 Å². The lowest BCUT2D eigenvalue weighted by Crippen LogP contribution is -1.99. The van der Waals surface area contributed by atoms with Gasteiger partial charge in [-0.15, -0.1) is 11.3 Å². The second-order valence-corrected chi connectivity index (χ2v) is 5.68. The molecule has 0 radical (unpaired) electrons. The Labute approximate surface area is 127 Å². The summed E-state index contributed by atoms with van der Waals surface area (Å²) in [4.78, 5) is 15.2. The molecule has 0 amide bonds. The second kappa shape index (κ2) is 6.41. The van der Waals surface area contributed by atoms with Crippen LogP contribution in [0.4, 0.5) is 0 Å². The standard InChI is InChI=1S/C17H14N2OS/c20-19-16(17-18-10-11-21-17)12-13-6-8-15(9-7-13)14-4-2-1-3-5-14/h1-11,16H,12H2. The first kappa shape index (κ1) is 13.6. The van der Waals surface area contributed by atoms with Crippen LogP contribution < -0.4 is 0 Å². The van der Waals surface area contributed by atoms with Crippen molar-refractivity contribution in [1.29, 1.82) is 0 Å². The average molecular weight is 294 g/mol. The molecule has 104 valence electrons. The van der Waals surface area contributed by atoms with Gasteiger partial charge < -0.3 is 0 Å². The maximum atomic E-state index is 11.0. The molecule has 0 fully saturated rings. The van der Waals surface area contributed by atoms with E-state index in [-0.39, 0.29) is 0 Å². The van der Waals surface area contributed by atoms with E-state index >= 15 is 0 Å². The molecule has 21 heavy (non-hydrogen) atoms. The lowest BCUT2D eigenvalue weighted by molar-refractivity contribution is 0.711. The Hall–Kier alpha value is -2.33. The summed E-state index contributed by atoms with van der Waals surface area (Å²) >= 11 is 1.47. The molecule has 0 bridgehead atoms. The van der Waals surface area contributed by atoms with Crippen LogP contribution in [0.2, 0.25) is 0 Å². The molecule has 3 rings (SSSR count). The average Bonchev–Trinajstić information content (AvgIpc) is 3.08. The van der Waals surface area contributed by atoms with Crippen LogP contribution in [-0.4, -0.2) is 4.98 Å². The van der Waals surface area contributed by atoms with Crippen LogP contribution in [0, 0.1) is 4.91 Å². The molecule has 1 heterocycles. The van der Waals surface area contributed by atoms with Crippen LogP contribution in [0.15, 0.2) is 71.4 Å². The van der Waals surface area contributed by atoms with Gasteiger partial charge in [-0.1, -0.05) is 59.8 Å². The summed E-state index contributed by atoms with van der Waals surface area (Å²) < 4.78 is 0. The number of thiazole rings is 1. The number of benzene rings is 2. The first-order valence-electron chi connectivity index (χ1n) is 6.73. The highest BCUT2D eigenvalue weighted by atomic mass is 32.1. The van der Waals surface area contributed by atoms with E-state index in [0.717, 1.165) is 10.6 Å². The summed E-state index contributed by atoms with van der Waals surface area (Å²) in [6.07, 6.45) is 2.29. The molecule has 0 saturated heterocycles. The van der Waals surface area contributed by atoms with Gasteiger partial charge in [-0.25, -0.2) is 4.98 Å². The number of nitrogens with zero attached hydrogens (tertiary/aromatic N) is 2. The molecule has 1 unspecified atom stereocenters. The van der Waals surface area contributed by atoms with Gasteiger partial charge >= 0.3 is 0 Å². The Kier molecular flexibility index (Phi) is 4.17. The Bertz CT molecular complexity index is 693. The normalized spacial score (nSPS) is 12.0. The van der Waals surface area contributed by atoms with Crippen molar-refractivity contribution in [2.45, 2.75) is 12.5 Å². The number of hydrogen-bond acceptors (Lipinski definition) is 4. The van der Waals surface area contributed by atoms with E-state index in [2.05, 4.69) is 34.4 Å². The van der Waals surface area contributed by atoms with Gasteiger partial charge in [0.05, 0.1) is 0 Å². The highest BCUT2D eigenvalue weighted by Crippen LogP contribution is 2.25. The van der Waals surface area contributed by atoms with E-state index in [4.69, 9.17) is 0 Å². The van der Waals surface area contributed by atoms with Gasteiger partial charge in [0.1, 0.15) is 11.0 Å². The minimum Gasteiger partial charge on any atom is -0.247 e. The zero-order valence-electron chi connectivity index (χ0n) is 11.3. The van der Waals surface area contributed by atoms with E-state index in [1.54, 1.807) is 6.20 Å². The summed E-state index contributed by atoms with van der Waals surface area (Å²) in [5.74, 6) is 0. The number of hydrogen-bond donors (Lipinski definition) is 0. The Morgan fingerprint density at radius 1 is 1.00 bits per heavy atom. The van der Waals surface area contributed by atoms with Crippen LogP contribution in [-0.2, 0) is 6.42 Å². The summed E-state index contributed by atoms with van der Waals surface area (Å²) in [6.45, 7) is 0. The summed E-state index contributed by atoms with van der Waals surface area (Å²) in [5.41, 5.74) is 3.45. The SMILES string of the molecule is O=NC(Cc1ccc(-c2ccccc2)cc1)c1nccs1. The van der Waals surface area contributed by atoms with Crippen molar-refractivity contribution in [2.24, 2.45) is 5.18 Å². The van der Waals surface area contributed by atoms with Gasteiger partial charge in [-0.2, -0.15) is 4.91 Å². The predicted molar refractivity (Wildman–Crippen MR) is 86.2 cm³/mol. The first-order chi connectivity index (χ1) is 10.4. The molecule has 3 aromatic rings. The molecular weight excluding hydrogens is 280 g/mol. The van der Waals surface area contributed by atoms with Crippen LogP contribution in [0.5, 0.6) is 0 Å². The highest BCUT2D eigenvalue weighted by Gasteiger charge is 2.15. The van der Waals surface area contributed by atoms with Gasteiger partial charge in [0, 0.05) is 18.0 Å². The van der Waals surface area contributed by atoms with Crippen molar-refractivity contribution >= 4 is 11.3 Å². The number of rotatable bonds is 5. The maximum absolute atomic E-state index is 11.0. The maximum Gasteiger partial charge on any atom is 0.147 e. The molecule has 1 aromatic heterocycles. The van der Waals surface area contributed by atoms with E-state index in [1.807, 2.05) is 35.7 Å². The van der Waals surface area contributed by atoms with Gasteiger partial charge in [-0.3, -0.25) is 0 Å². The van der Waals surface area contributed by atoms with Crippen molar-refractivity contribution < 1.29 is 0 Å². The third-order valence-electron chi connectivity index (χ3n) is 3.35. The fourth-order valence-corrected chi connectivity index (χ4v) is 2.92. The molecule has 4 heteroatoms. The summed E-state index contributed by atoms with van der Waals surface area (Å²) in [6, 6.07) is 18.1. The molecule has 0 aliphatic heterocycles. The van der Waals surface area contributed by atoms with Gasteiger partial charge in [0.2, 0.25) is 0 Å². The van der Waals surface area contributed by atoms with E-state index < -0.39 is 6.04 Å². The molecule has 0 N–H and O–H groups in total. The van der Waals surface area contributed by atoms with Gasteiger partial charge in [-0.05, 0) is 16.7 Å². The van der Waals surface area contributed by atoms with Crippen molar-refractivity contribution in [3.05, 3.63) is 81.7 Å². The molecule has 2 aromatic carbocycles. The molecule has 0 saturated carbocycles. The quantitative estimate of drug-likeness (QED) is 0.631. The number of aromatic nitrogens is 1. The topological polar surface area (TPSA) is 42.3 Å². The van der Waals surface area contributed by atoms with E-state index in [1.165, 1.54) is 22.5 Å². The number of nitroso groups, excluding NO2 is 1. The zero-order chi connectivity index (χ0) is 14.5. The van der Waals surface area contributed by atoms with E-state index in [9.17, 15) is 4.91 Å². The Balaban J connectivity index is 1.77. The molecular formula is C17H14N2OS. The highest BCUT2D eigenvalue weighted by molar-refractivity contribution is 7.09. The van der Waals surface area contributed by atoms with Crippen LogP contribution >= 0.6 is 11.3 Å². The minimum absolute atomic E-state index is 0.396. The van der Waals surface area contributed by atoms with Crippen LogP contribution in [0.25, 0.3) is 11.1 Å². The zero-order valence-corrected chi connectivity index (χ0v) is 12.2. The first-order valence-corrected chi connectivity index (χ1v) is 7.61. The molecule has 0 aliphatic rings. The monoisotopic (exact) mass is 294 g/mol. The summed E-state index contributed by atoms with van der Waals surface area (Å²) in [7, 11) is 0. The van der Waals surface area contributed by atoms with Crippen molar-refractivity contribution in [3.63, 3.8) is 0 Å². The van der Waals surface area contributed by atoms with E-state index in [0.29, 0.717) is 6.42 Å². The van der Waals surface area contributed by atoms with Crippen LogP contribution in [0.3, 0.4) is 0 Å². The van der Waals surface area contributed by atoms with Crippen molar-refractivity contribution in [1.82, 2.24) is 4.98 Å². The minimum atomic E-state index is -0.396. The Morgan fingerprint density at radius 3 is 2.33 bits per heavy atom. The van der Waals surface area contributed by atoms with Crippen molar-refractivity contribution in [3.8, 4) is 11.1 Å². The van der Waals surface area contributed by atoms with Gasteiger partial charge in [0.15, 0.2) is 0 Å². The Morgan fingerprint density at radius 2 is 1.71 bits per heavy atom. The summed E-state index contributed by atoms with van der Waals surface area (Å²) in [5, 5.41) is 5.85. The molecule has 3 nitrogen and oxygen atoms in total. The largest absolute Gasteiger partial charge is 0.247 e. The molecule has 0 aliphatic carbocycles.